The maximum atomic E-state index is 5.40. The Morgan fingerprint density at radius 3 is 3.00 bits per heavy atom. The highest BCUT2D eigenvalue weighted by atomic mass is 15.3. The van der Waals surface area contributed by atoms with E-state index in [1.54, 1.807) is 0 Å². The van der Waals surface area contributed by atoms with E-state index in [2.05, 4.69) is 34.1 Å². The minimum absolute atomic E-state index is 0.495. The van der Waals surface area contributed by atoms with Crippen molar-refractivity contribution in [2.24, 2.45) is 5.84 Å². The van der Waals surface area contributed by atoms with Crippen LogP contribution in [-0.4, -0.2) is 22.6 Å². The van der Waals surface area contributed by atoms with Gasteiger partial charge in [0.25, 0.3) is 0 Å². The maximum absolute atomic E-state index is 5.40. The van der Waals surface area contributed by atoms with Gasteiger partial charge in [-0.3, -0.25) is 5.43 Å². The first-order valence-electron chi connectivity index (χ1n) is 6.83. The number of hydrogen-bond acceptors (Lipinski definition) is 5. The van der Waals surface area contributed by atoms with E-state index < -0.39 is 0 Å². The molecule has 0 amide bonds. The second-order valence-corrected chi connectivity index (χ2v) is 4.95. The van der Waals surface area contributed by atoms with E-state index in [-0.39, 0.29) is 0 Å². The molecule has 0 saturated carbocycles. The molecule has 0 aromatic carbocycles. The van der Waals surface area contributed by atoms with Gasteiger partial charge >= 0.3 is 0 Å². The Morgan fingerprint density at radius 1 is 1.44 bits per heavy atom. The van der Waals surface area contributed by atoms with Crippen LogP contribution in [-0.2, 0) is 0 Å². The van der Waals surface area contributed by atoms with Gasteiger partial charge in [-0.2, -0.15) is 4.98 Å². The van der Waals surface area contributed by atoms with Crippen molar-refractivity contribution < 1.29 is 0 Å². The van der Waals surface area contributed by atoms with E-state index in [0.717, 1.165) is 24.3 Å². The van der Waals surface area contributed by atoms with Gasteiger partial charge in [0.15, 0.2) is 0 Å². The molecule has 5 heteroatoms. The van der Waals surface area contributed by atoms with E-state index in [0.29, 0.717) is 12.0 Å². The normalized spacial score (nSPS) is 20.6. The largest absolute Gasteiger partial charge is 0.353 e. The highest BCUT2D eigenvalue weighted by Gasteiger charge is 2.22. The third kappa shape index (κ3) is 2.72. The van der Waals surface area contributed by atoms with E-state index in [1.807, 2.05) is 6.20 Å². The van der Waals surface area contributed by atoms with Crippen molar-refractivity contribution in [2.45, 2.75) is 52.0 Å². The van der Waals surface area contributed by atoms with Crippen molar-refractivity contribution in [2.75, 3.05) is 16.9 Å². The van der Waals surface area contributed by atoms with Crippen LogP contribution < -0.4 is 16.2 Å². The van der Waals surface area contributed by atoms with Crippen LogP contribution >= 0.6 is 0 Å². The Balaban J connectivity index is 2.31. The highest BCUT2D eigenvalue weighted by Crippen LogP contribution is 2.27. The summed E-state index contributed by atoms with van der Waals surface area (Å²) in [5.74, 6) is 6.93. The van der Waals surface area contributed by atoms with Gasteiger partial charge in [0, 0.05) is 24.3 Å². The zero-order valence-electron chi connectivity index (χ0n) is 11.3. The average Bonchev–Trinajstić information content (AvgIpc) is 2.64. The number of aromatic nitrogens is 2. The summed E-state index contributed by atoms with van der Waals surface area (Å²) in [4.78, 5) is 11.1. The number of nitrogen functional groups attached to an aromatic ring is 1. The van der Waals surface area contributed by atoms with Gasteiger partial charge < -0.3 is 4.90 Å². The average molecular weight is 249 g/mol. The van der Waals surface area contributed by atoms with Crippen LogP contribution in [0.1, 0.15) is 44.6 Å². The monoisotopic (exact) mass is 249 g/mol. The number of hydrazine groups is 1. The second kappa shape index (κ2) is 6.00. The third-order valence-corrected chi connectivity index (χ3v) is 3.69. The molecular weight excluding hydrogens is 226 g/mol. The zero-order valence-corrected chi connectivity index (χ0v) is 11.3. The van der Waals surface area contributed by atoms with Crippen molar-refractivity contribution in [1.29, 1.82) is 0 Å². The number of rotatable bonds is 3. The van der Waals surface area contributed by atoms with Crippen LogP contribution in [0, 0.1) is 6.92 Å². The number of anilines is 2. The summed E-state index contributed by atoms with van der Waals surface area (Å²) in [6, 6.07) is 0.590. The van der Waals surface area contributed by atoms with E-state index in [9.17, 15) is 0 Å². The molecule has 2 heterocycles. The number of nitrogens with zero attached hydrogens (tertiary/aromatic N) is 3. The molecule has 0 spiro atoms. The minimum atomic E-state index is 0.495. The van der Waals surface area contributed by atoms with Crippen molar-refractivity contribution in [3.8, 4) is 0 Å². The molecule has 1 aromatic heterocycles. The summed E-state index contributed by atoms with van der Waals surface area (Å²) in [7, 11) is 0. The van der Waals surface area contributed by atoms with Crippen molar-refractivity contribution in [1.82, 2.24) is 9.97 Å². The van der Waals surface area contributed by atoms with Crippen LogP contribution in [0.2, 0.25) is 0 Å². The molecule has 1 saturated heterocycles. The smallest absolute Gasteiger partial charge is 0.239 e. The van der Waals surface area contributed by atoms with Gasteiger partial charge in [-0.15, -0.1) is 0 Å². The Morgan fingerprint density at radius 2 is 2.28 bits per heavy atom. The fourth-order valence-electron chi connectivity index (χ4n) is 2.67. The van der Waals surface area contributed by atoms with Crippen molar-refractivity contribution in [3.63, 3.8) is 0 Å². The highest BCUT2D eigenvalue weighted by molar-refractivity contribution is 5.49. The molecule has 0 bridgehead atoms. The number of aryl methyl sites for hydroxylation is 1. The Hall–Kier alpha value is -1.36. The first-order chi connectivity index (χ1) is 8.76. The van der Waals surface area contributed by atoms with Crippen LogP contribution in [0.25, 0.3) is 0 Å². The molecule has 1 atom stereocenters. The lowest BCUT2D eigenvalue weighted by molar-refractivity contribution is 0.551. The van der Waals surface area contributed by atoms with Gasteiger partial charge in [-0.1, -0.05) is 19.8 Å². The fraction of sp³-hybridized carbons (Fsp3) is 0.692. The SMILES string of the molecule is CCC1CCCCCN1c1nc(NN)ncc1C. The lowest BCUT2D eigenvalue weighted by atomic mass is 10.1. The summed E-state index contributed by atoms with van der Waals surface area (Å²) >= 11 is 0. The molecule has 5 nitrogen and oxygen atoms in total. The molecular formula is C13H23N5. The standard InChI is InChI=1S/C13H23N5/c1-3-11-7-5-4-6-8-18(11)12-10(2)9-15-13(16-12)17-14/h9,11H,3-8,14H2,1-2H3,(H,15,16,17). The molecule has 1 fully saturated rings. The molecule has 18 heavy (non-hydrogen) atoms. The summed E-state index contributed by atoms with van der Waals surface area (Å²) in [5.41, 5.74) is 3.65. The van der Waals surface area contributed by atoms with Gasteiger partial charge in [0.2, 0.25) is 5.95 Å². The molecule has 100 valence electrons. The van der Waals surface area contributed by atoms with Crippen LogP contribution in [0.3, 0.4) is 0 Å². The summed E-state index contributed by atoms with van der Waals surface area (Å²) in [6.07, 6.45) is 8.14. The molecule has 1 aliphatic heterocycles. The van der Waals surface area contributed by atoms with Gasteiger partial charge in [0.1, 0.15) is 5.82 Å². The maximum Gasteiger partial charge on any atom is 0.239 e. The Bertz CT molecular complexity index is 393. The summed E-state index contributed by atoms with van der Waals surface area (Å²) in [6.45, 7) is 5.40. The fourth-order valence-corrected chi connectivity index (χ4v) is 2.67. The molecule has 1 aliphatic rings. The van der Waals surface area contributed by atoms with Crippen LogP contribution in [0.5, 0.6) is 0 Å². The lowest BCUT2D eigenvalue weighted by Gasteiger charge is -2.31. The van der Waals surface area contributed by atoms with Crippen molar-refractivity contribution in [3.05, 3.63) is 11.8 Å². The Labute approximate surface area is 109 Å². The minimum Gasteiger partial charge on any atom is -0.353 e. The van der Waals surface area contributed by atoms with E-state index >= 15 is 0 Å². The molecule has 0 aliphatic carbocycles. The summed E-state index contributed by atoms with van der Waals surface area (Å²) in [5, 5.41) is 0. The topological polar surface area (TPSA) is 67.1 Å². The quantitative estimate of drug-likeness (QED) is 0.635. The van der Waals surface area contributed by atoms with E-state index in [1.165, 1.54) is 25.7 Å². The number of hydrogen-bond donors (Lipinski definition) is 2. The van der Waals surface area contributed by atoms with Crippen molar-refractivity contribution >= 4 is 11.8 Å². The molecule has 1 unspecified atom stereocenters. The van der Waals surface area contributed by atoms with E-state index in [4.69, 9.17) is 5.84 Å². The molecule has 3 N–H and O–H groups in total. The first-order valence-corrected chi connectivity index (χ1v) is 6.83. The Kier molecular flexibility index (Phi) is 4.36. The van der Waals surface area contributed by atoms with Gasteiger partial charge in [0.05, 0.1) is 0 Å². The summed E-state index contributed by atoms with van der Waals surface area (Å²) < 4.78 is 0. The lowest BCUT2D eigenvalue weighted by Crippen LogP contribution is -2.35. The predicted molar refractivity (Wildman–Crippen MR) is 74.5 cm³/mol. The second-order valence-electron chi connectivity index (χ2n) is 4.95. The zero-order chi connectivity index (χ0) is 13.0. The first kappa shape index (κ1) is 13.1. The third-order valence-electron chi connectivity index (χ3n) is 3.69. The van der Waals surface area contributed by atoms with Gasteiger partial charge in [-0.25, -0.2) is 10.8 Å². The number of nitrogens with one attached hydrogen (secondary N) is 1. The molecule has 2 rings (SSSR count). The predicted octanol–water partition coefficient (Wildman–Crippen LogP) is 2.23. The van der Waals surface area contributed by atoms with Gasteiger partial charge in [-0.05, 0) is 26.2 Å². The molecule has 1 aromatic rings. The van der Waals surface area contributed by atoms with Crippen LogP contribution in [0.15, 0.2) is 6.20 Å². The number of nitrogens with two attached hydrogens (primary N) is 1. The molecule has 0 radical (unpaired) electrons. The van der Waals surface area contributed by atoms with Crippen LogP contribution in [0.4, 0.5) is 11.8 Å².